The highest BCUT2D eigenvalue weighted by molar-refractivity contribution is 6.25. The highest BCUT2D eigenvalue weighted by Gasteiger charge is 2.31. The predicted molar refractivity (Wildman–Crippen MR) is 243 cm³/mol. The van der Waals surface area contributed by atoms with Gasteiger partial charge >= 0.3 is 0 Å². The molecule has 57 heavy (non-hydrogen) atoms. The Bertz CT molecular complexity index is 3240. The molecule has 11 aromatic carbocycles. The number of benzene rings is 11. The topological polar surface area (TPSA) is 15.3 Å². The number of nitrogens with zero attached hydrogens (tertiary/aromatic N) is 1. The highest BCUT2D eigenvalue weighted by atomic mass is 15.3. The molecule has 0 spiro atoms. The number of fused-ring (bicyclic) bond motifs is 3. The molecule has 1 unspecified atom stereocenters. The van der Waals surface area contributed by atoms with E-state index in [1.54, 1.807) is 0 Å². The number of nitrogens with one attached hydrogen (secondary N) is 1. The number of anilines is 3. The molecule has 0 aliphatic carbocycles. The van der Waals surface area contributed by atoms with Crippen LogP contribution in [-0.2, 0) is 0 Å². The van der Waals surface area contributed by atoms with Crippen LogP contribution in [0, 0.1) is 0 Å². The summed E-state index contributed by atoms with van der Waals surface area (Å²) < 4.78 is 0. The van der Waals surface area contributed by atoms with E-state index in [0.717, 1.165) is 11.4 Å². The summed E-state index contributed by atoms with van der Waals surface area (Å²) in [5.41, 5.74) is 12.2. The lowest BCUT2D eigenvalue weighted by Gasteiger charge is -2.28. The van der Waals surface area contributed by atoms with Crippen LogP contribution in [0.2, 0.25) is 0 Å². The van der Waals surface area contributed by atoms with Crippen molar-refractivity contribution in [2.75, 3.05) is 10.2 Å². The van der Waals surface area contributed by atoms with Gasteiger partial charge in [-0.05, 0) is 117 Å². The van der Waals surface area contributed by atoms with Gasteiger partial charge in [0.15, 0.2) is 0 Å². The van der Waals surface area contributed by atoms with Crippen LogP contribution in [0.25, 0.3) is 87.2 Å². The molecule has 11 aromatic rings. The Morgan fingerprint density at radius 3 is 1.54 bits per heavy atom. The second-order valence-electron chi connectivity index (χ2n) is 15.3. The van der Waals surface area contributed by atoms with Crippen molar-refractivity contribution in [3.05, 3.63) is 212 Å². The van der Waals surface area contributed by atoms with Crippen LogP contribution in [0.4, 0.5) is 17.1 Å². The van der Waals surface area contributed by atoms with E-state index in [0.29, 0.717) is 0 Å². The third-order valence-corrected chi connectivity index (χ3v) is 12.2. The van der Waals surface area contributed by atoms with Crippen LogP contribution in [0.3, 0.4) is 0 Å². The average molecular weight is 725 g/mol. The van der Waals surface area contributed by atoms with Gasteiger partial charge in [-0.2, -0.15) is 0 Å². The maximum atomic E-state index is 3.86. The molecule has 266 valence electrons. The fraction of sp³-hybridized carbons (Fsp3) is 0.0182. The lowest BCUT2D eigenvalue weighted by molar-refractivity contribution is 0.828. The van der Waals surface area contributed by atoms with Crippen LogP contribution in [0.1, 0.15) is 11.7 Å². The summed E-state index contributed by atoms with van der Waals surface area (Å²) in [7, 11) is 0. The van der Waals surface area contributed by atoms with E-state index in [1.807, 2.05) is 0 Å². The first-order valence-electron chi connectivity index (χ1n) is 19.8. The maximum absolute atomic E-state index is 3.86. The number of hydrogen-bond acceptors (Lipinski definition) is 2. The smallest absolute Gasteiger partial charge is 0.130 e. The molecule has 1 heterocycles. The summed E-state index contributed by atoms with van der Waals surface area (Å²) in [4.78, 5) is 2.44. The molecule has 0 saturated carbocycles. The highest BCUT2D eigenvalue weighted by Crippen LogP contribution is 2.48. The van der Waals surface area contributed by atoms with Crippen molar-refractivity contribution in [3.8, 4) is 33.4 Å². The normalized spacial score (nSPS) is 13.9. The zero-order chi connectivity index (χ0) is 37.5. The quantitative estimate of drug-likeness (QED) is 0.140. The van der Waals surface area contributed by atoms with E-state index in [9.17, 15) is 0 Å². The number of hydrogen-bond donors (Lipinski definition) is 1. The lowest BCUT2D eigenvalue weighted by Crippen LogP contribution is -2.23. The second kappa shape index (κ2) is 12.6. The van der Waals surface area contributed by atoms with Crippen molar-refractivity contribution in [2.45, 2.75) is 6.17 Å². The Kier molecular flexibility index (Phi) is 7.02. The van der Waals surface area contributed by atoms with Gasteiger partial charge in [0.2, 0.25) is 0 Å². The van der Waals surface area contributed by atoms with E-state index in [-0.39, 0.29) is 6.17 Å². The molecule has 2 heteroatoms. The van der Waals surface area contributed by atoms with Crippen LogP contribution < -0.4 is 10.2 Å². The lowest BCUT2D eigenvalue weighted by atomic mass is 9.86. The molecule has 1 aliphatic heterocycles. The molecule has 1 N–H and O–H groups in total. The Morgan fingerprint density at radius 2 is 0.877 bits per heavy atom. The minimum absolute atomic E-state index is 0.0597. The summed E-state index contributed by atoms with van der Waals surface area (Å²) in [6.45, 7) is 0. The summed E-state index contributed by atoms with van der Waals surface area (Å²) in [6, 6.07) is 75.8. The van der Waals surface area contributed by atoms with Crippen molar-refractivity contribution in [2.24, 2.45) is 0 Å². The third kappa shape index (κ3) is 4.91. The fourth-order valence-corrected chi connectivity index (χ4v) is 9.65. The third-order valence-electron chi connectivity index (χ3n) is 12.2. The van der Waals surface area contributed by atoms with Crippen LogP contribution >= 0.6 is 0 Å². The van der Waals surface area contributed by atoms with Gasteiger partial charge in [-0.25, -0.2) is 0 Å². The van der Waals surface area contributed by atoms with Crippen molar-refractivity contribution < 1.29 is 0 Å². The van der Waals surface area contributed by atoms with E-state index < -0.39 is 0 Å². The van der Waals surface area contributed by atoms with E-state index in [1.165, 1.54) is 98.5 Å². The van der Waals surface area contributed by atoms with Gasteiger partial charge in [0, 0.05) is 5.69 Å². The van der Waals surface area contributed by atoms with Gasteiger partial charge in [-0.15, -0.1) is 0 Å². The van der Waals surface area contributed by atoms with Crippen LogP contribution in [-0.4, -0.2) is 0 Å². The monoisotopic (exact) mass is 724 g/mol. The van der Waals surface area contributed by atoms with Crippen molar-refractivity contribution in [3.63, 3.8) is 0 Å². The number of para-hydroxylation sites is 2. The summed E-state index contributed by atoms with van der Waals surface area (Å²) >= 11 is 0. The van der Waals surface area contributed by atoms with Gasteiger partial charge in [-0.3, -0.25) is 0 Å². The number of rotatable bonds is 5. The molecule has 2 nitrogen and oxygen atoms in total. The Morgan fingerprint density at radius 1 is 0.351 bits per heavy atom. The zero-order valence-electron chi connectivity index (χ0n) is 31.2. The predicted octanol–water partition coefficient (Wildman–Crippen LogP) is 15.2. The first kappa shape index (κ1) is 31.9. The van der Waals surface area contributed by atoms with Crippen molar-refractivity contribution in [1.82, 2.24) is 0 Å². The van der Waals surface area contributed by atoms with E-state index >= 15 is 0 Å². The SMILES string of the molecule is c1ccc(-c2c3ccccc3c(-c3ccc(N4c5ccccc5NC4c4ccc(-c5ccc6ccc7cccc8ccc5c6c78)cc4)cc3)c3ccccc23)cc1. The molecular formula is C55H36N2. The van der Waals surface area contributed by atoms with Gasteiger partial charge in [0.25, 0.3) is 0 Å². The molecular weight excluding hydrogens is 689 g/mol. The van der Waals surface area contributed by atoms with Crippen LogP contribution in [0.5, 0.6) is 0 Å². The van der Waals surface area contributed by atoms with E-state index in [4.69, 9.17) is 0 Å². The molecule has 0 aromatic heterocycles. The first-order chi connectivity index (χ1) is 28.3. The molecule has 0 saturated heterocycles. The van der Waals surface area contributed by atoms with Crippen molar-refractivity contribution >= 4 is 70.9 Å². The minimum Gasteiger partial charge on any atom is -0.359 e. The largest absolute Gasteiger partial charge is 0.359 e. The second-order valence-corrected chi connectivity index (χ2v) is 15.3. The molecule has 0 radical (unpaired) electrons. The molecule has 0 bridgehead atoms. The molecule has 0 fully saturated rings. The Hall–Kier alpha value is -7.42. The molecule has 1 aliphatic rings. The maximum Gasteiger partial charge on any atom is 0.130 e. The molecule has 0 amide bonds. The van der Waals surface area contributed by atoms with E-state index in [2.05, 4.69) is 216 Å². The van der Waals surface area contributed by atoms with Gasteiger partial charge in [0.1, 0.15) is 6.17 Å². The van der Waals surface area contributed by atoms with Crippen LogP contribution in [0.15, 0.2) is 206 Å². The Balaban J connectivity index is 0.942. The minimum atomic E-state index is -0.0597. The van der Waals surface area contributed by atoms with Gasteiger partial charge in [-0.1, -0.05) is 182 Å². The standard InChI is InChI=1S/C55H36N2/c1-2-11-36(12-3-1)52-44-15-4-6-17-46(44)53(47-18-7-5-16-45(47)52)39-27-31-42(32-28-39)57-50-20-9-8-19-49(50)56-55(57)41-25-21-35(22-26-41)43-33-29-40-24-23-37-13-10-14-38-30-34-48(43)54(40)51(37)38/h1-34,55-56H. The summed E-state index contributed by atoms with van der Waals surface area (Å²) in [5, 5.41) is 16.8. The molecule has 1 atom stereocenters. The van der Waals surface area contributed by atoms with Crippen molar-refractivity contribution in [1.29, 1.82) is 0 Å². The zero-order valence-corrected chi connectivity index (χ0v) is 31.2. The Labute approximate surface area is 331 Å². The van der Waals surface area contributed by atoms with Gasteiger partial charge < -0.3 is 10.2 Å². The molecule has 12 rings (SSSR count). The van der Waals surface area contributed by atoms with Gasteiger partial charge in [0.05, 0.1) is 11.4 Å². The first-order valence-corrected chi connectivity index (χ1v) is 19.8. The summed E-state index contributed by atoms with van der Waals surface area (Å²) in [5.74, 6) is 0. The average Bonchev–Trinajstić information content (AvgIpc) is 3.67. The fourth-order valence-electron chi connectivity index (χ4n) is 9.65. The summed E-state index contributed by atoms with van der Waals surface area (Å²) in [6.07, 6.45) is -0.0597.